The number of nitrogens with zero attached hydrogens (tertiary/aromatic N) is 4. The summed E-state index contributed by atoms with van der Waals surface area (Å²) in [5.74, 6) is -0.546. The highest BCUT2D eigenvalue weighted by atomic mass is 19.1. The van der Waals surface area contributed by atoms with Crippen LogP contribution in [-0.4, -0.2) is 40.8 Å². The van der Waals surface area contributed by atoms with E-state index < -0.39 is 23.9 Å². The van der Waals surface area contributed by atoms with Crippen LogP contribution < -0.4 is 15.2 Å². The number of benzene rings is 2. The molecule has 4 rings (SSSR count). The average Bonchev–Trinajstić information content (AvgIpc) is 2.85. The van der Waals surface area contributed by atoms with E-state index in [4.69, 9.17) is 16.3 Å². The van der Waals surface area contributed by atoms with Gasteiger partial charge in [-0.15, -0.1) is 0 Å². The fraction of sp³-hybridized carbons (Fsp3) is 0.308. The first kappa shape index (κ1) is 24.0. The molecule has 0 amide bonds. The van der Waals surface area contributed by atoms with Gasteiger partial charge in [-0.1, -0.05) is 31.2 Å². The maximum Gasteiger partial charge on any atom is 0.323 e. The van der Waals surface area contributed by atoms with Gasteiger partial charge in [0, 0.05) is 18.7 Å². The Morgan fingerprint density at radius 3 is 2.43 bits per heavy atom. The first-order valence-corrected chi connectivity index (χ1v) is 11.3. The zero-order valence-electron chi connectivity index (χ0n) is 19.5. The van der Waals surface area contributed by atoms with Gasteiger partial charge in [0.2, 0.25) is 11.6 Å². The number of carboxylic acids is 1. The molecule has 1 saturated heterocycles. The van der Waals surface area contributed by atoms with Crippen LogP contribution >= 0.6 is 0 Å². The van der Waals surface area contributed by atoms with Crippen molar-refractivity contribution in [2.45, 2.75) is 26.3 Å². The van der Waals surface area contributed by atoms with Crippen molar-refractivity contribution in [1.82, 2.24) is 9.55 Å². The van der Waals surface area contributed by atoms with Crippen molar-refractivity contribution in [3.05, 3.63) is 70.1 Å². The molecule has 1 N–H and O–H groups in total. The van der Waals surface area contributed by atoms with Crippen LogP contribution in [-0.2, 0) is 11.3 Å². The van der Waals surface area contributed by atoms with Crippen LogP contribution in [0.25, 0.3) is 27.2 Å². The molecule has 2 heterocycles. The smallest absolute Gasteiger partial charge is 0.323 e. The predicted molar refractivity (Wildman–Crippen MR) is 130 cm³/mol. The number of ether oxygens (including phenoxy) is 1. The molecule has 1 fully saturated rings. The largest absolute Gasteiger partial charge is 0.497 e. The minimum atomic E-state index is -1.17. The third-order valence-corrected chi connectivity index (χ3v) is 6.23. The number of carboxylic acid groups (broad SMARTS) is 1. The maximum atomic E-state index is 14.6. The third-order valence-electron chi connectivity index (χ3n) is 6.23. The Labute approximate surface area is 202 Å². The van der Waals surface area contributed by atoms with E-state index in [0.717, 1.165) is 12.8 Å². The zero-order valence-corrected chi connectivity index (χ0v) is 19.5. The molecule has 0 aliphatic carbocycles. The molecule has 0 saturated carbocycles. The summed E-state index contributed by atoms with van der Waals surface area (Å²) >= 11 is 0. The van der Waals surface area contributed by atoms with E-state index in [2.05, 4.69) is 11.8 Å². The fourth-order valence-corrected chi connectivity index (χ4v) is 4.24. The lowest BCUT2D eigenvalue weighted by molar-refractivity contribution is -0.137. The standard InChI is InChI=1S/C26H25FN4O4/c1-16-10-12-30(13-11-16)26-29-24(18-6-9-21(28-2)20(27)14-18)23(25(34)31(26)15-22(32)33)17-4-7-19(35-3)8-5-17/h4-9,14,16H,10-13,15H2,1,3H3,(H,32,33). The fourth-order valence-electron chi connectivity index (χ4n) is 4.24. The summed E-state index contributed by atoms with van der Waals surface area (Å²) in [5, 5.41) is 9.57. The van der Waals surface area contributed by atoms with Gasteiger partial charge in [0.15, 0.2) is 0 Å². The minimum Gasteiger partial charge on any atom is -0.497 e. The molecule has 1 aliphatic heterocycles. The average molecular weight is 477 g/mol. The van der Waals surface area contributed by atoms with E-state index in [9.17, 15) is 19.1 Å². The highest BCUT2D eigenvalue weighted by molar-refractivity contribution is 5.82. The van der Waals surface area contributed by atoms with E-state index in [1.807, 2.05) is 4.90 Å². The second-order valence-corrected chi connectivity index (χ2v) is 8.60. The summed E-state index contributed by atoms with van der Waals surface area (Å²) in [6.07, 6.45) is 1.76. The van der Waals surface area contributed by atoms with Crippen molar-refractivity contribution in [3.8, 4) is 28.1 Å². The molecule has 9 heteroatoms. The summed E-state index contributed by atoms with van der Waals surface area (Å²) in [5.41, 5.74) is 0.525. The SMILES string of the molecule is [C-]#[N+]c1ccc(-c2nc(N3CCC(C)CC3)n(CC(=O)O)c(=O)c2-c2ccc(OC)cc2)cc1F. The predicted octanol–water partition coefficient (Wildman–Crippen LogP) is 4.60. The van der Waals surface area contributed by atoms with Gasteiger partial charge in [0.1, 0.15) is 18.1 Å². The summed E-state index contributed by atoms with van der Waals surface area (Å²) in [6, 6.07) is 10.8. The molecule has 8 nitrogen and oxygen atoms in total. The van der Waals surface area contributed by atoms with Gasteiger partial charge in [-0.25, -0.2) is 14.2 Å². The molecular formula is C26H25FN4O4. The number of halogens is 1. The Morgan fingerprint density at radius 2 is 1.86 bits per heavy atom. The minimum absolute atomic E-state index is 0.135. The van der Waals surface area contributed by atoms with Crippen molar-refractivity contribution >= 4 is 17.6 Å². The molecule has 1 aliphatic rings. The number of methoxy groups -OCH3 is 1. The van der Waals surface area contributed by atoms with Gasteiger partial charge < -0.3 is 14.7 Å². The first-order valence-electron chi connectivity index (χ1n) is 11.3. The molecule has 180 valence electrons. The van der Waals surface area contributed by atoms with Gasteiger partial charge in [0.25, 0.3) is 5.56 Å². The van der Waals surface area contributed by atoms with Gasteiger partial charge >= 0.3 is 5.97 Å². The molecule has 0 atom stereocenters. The number of anilines is 1. The van der Waals surface area contributed by atoms with Crippen LogP contribution in [0.15, 0.2) is 47.3 Å². The Balaban J connectivity index is 2.00. The van der Waals surface area contributed by atoms with Crippen LogP contribution in [0.4, 0.5) is 16.0 Å². The van der Waals surface area contributed by atoms with Gasteiger partial charge in [0.05, 0.1) is 24.9 Å². The van der Waals surface area contributed by atoms with Crippen LogP contribution in [0, 0.1) is 18.3 Å². The monoisotopic (exact) mass is 476 g/mol. The summed E-state index contributed by atoms with van der Waals surface area (Å²) in [6.45, 7) is 9.97. The van der Waals surface area contributed by atoms with E-state index in [1.165, 1.54) is 23.8 Å². The third kappa shape index (κ3) is 4.87. The summed E-state index contributed by atoms with van der Waals surface area (Å²) in [4.78, 5) is 35.4. The van der Waals surface area contributed by atoms with Gasteiger partial charge in [-0.2, -0.15) is 0 Å². The van der Waals surface area contributed by atoms with Crippen molar-refractivity contribution in [2.24, 2.45) is 5.92 Å². The van der Waals surface area contributed by atoms with Gasteiger partial charge in [-0.05, 0) is 42.5 Å². The van der Waals surface area contributed by atoms with E-state index >= 15 is 0 Å². The van der Waals surface area contributed by atoms with Crippen LogP contribution in [0.3, 0.4) is 0 Å². The molecule has 35 heavy (non-hydrogen) atoms. The first-order chi connectivity index (χ1) is 16.8. The maximum absolute atomic E-state index is 14.6. The Bertz CT molecular complexity index is 1350. The normalized spacial score (nSPS) is 13.9. The number of carbonyl (C=O) groups is 1. The number of rotatable bonds is 6. The topological polar surface area (TPSA) is 89.0 Å². The lowest BCUT2D eigenvalue weighted by Crippen LogP contribution is -2.39. The summed E-state index contributed by atoms with van der Waals surface area (Å²) in [7, 11) is 1.53. The number of aromatic nitrogens is 2. The molecule has 2 aromatic carbocycles. The number of piperidine rings is 1. The van der Waals surface area contributed by atoms with E-state index in [0.29, 0.717) is 35.9 Å². The Morgan fingerprint density at radius 1 is 1.20 bits per heavy atom. The van der Waals surface area contributed by atoms with E-state index in [1.54, 1.807) is 30.3 Å². The van der Waals surface area contributed by atoms with Crippen LogP contribution in [0.2, 0.25) is 0 Å². The zero-order chi connectivity index (χ0) is 25.1. The van der Waals surface area contributed by atoms with E-state index in [-0.39, 0.29) is 22.9 Å². The van der Waals surface area contributed by atoms with Crippen molar-refractivity contribution in [1.29, 1.82) is 0 Å². The van der Waals surface area contributed by atoms with Crippen LogP contribution in [0.1, 0.15) is 19.8 Å². The lowest BCUT2D eigenvalue weighted by Gasteiger charge is -2.33. The molecule has 0 radical (unpaired) electrons. The molecule has 0 unspecified atom stereocenters. The second-order valence-electron chi connectivity index (χ2n) is 8.60. The lowest BCUT2D eigenvalue weighted by atomic mass is 9.98. The number of hydrogen-bond donors (Lipinski definition) is 1. The number of aliphatic carboxylic acids is 1. The molecule has 0 bridgehead atoms. The van der Waals surface area contributed by atoms with Crippen molar-refractivity contribution < 1.29 is 19.0 Å². The molecule has 1 aromatic heterocycles. The van der Waals surface area contributed by atoms with Crippen molar-refractivity contribution in [2.75, 3.05) is 25.1 Å². The van der Waals surface area contributed by atoms with Crippen molar-refractivity contribution in [3.63, 3.8) is 0 Å². The molecular weight excluding hydrogens is 451 g/mol. The van der Waals surface area contributed by atoms with Crippen LogP contribution in [0.5, 0.6) is 5.75 Å². The van der Waals surface area contributed by atoms with Gasteiger partial charge in [-0.3, -0.25) is 14.2 Å². The molecule has 3 aromatic rings. The second kappa shape index (κ2) is 9.97. The summed E-state index contributed by atoms with van der Waals surface area (Å²) < 4.78 is 21.0. The Hall–Kier alpha value is -4.19. The quantitative estimate of drug-likeness (QED) is 0.523. The molecule has 0 spiro atoms. The highest BCUT2D eigenvalue weighted by Crippen LogP contribution is 2.34. The Kier molecular flexibility index (Phi) is 6.82. The highest BCUT2D eigenvalue weighted by Gasteiger charge is 2.26. The number of hydrogen-bond acceptors (Lipinski definition) is 5.